The molecule has 2 N–H and O–H groups in total. The summed E-state index contributed by atoms with van der Waals surface area (Å²) in [4.78, 5) is 0. The number of quaternary nitrogens is 1. The van der Waals surface area contributed by atoms with Gasteiger partial charge in [-0.3, -0.25) is 4.55 Å². The van der Waals surface area contributed by atoms with E-state index < -0.39 is 10.4 Å². The highest BCUT2D eigenvalue weighted by atomic mass is 35.5. The number of hydrogen-bond acceptors (Lipinski definition) is 7. The minimum absolute atomic E-state index is 0.456. The van der Waals surface area contributed by atoms with E-state index in [9.17, 15) is 0 Å². The summed E-state index contributed by atoms with van der Waals surface area (Å²) in [7, 11) is 1.67. The van der Waals surface area contributed by atoms with Gasteiger partial charge in [0.05, 0.1) is 38.9 Å². The molecule has 0 fully saturated rings. The quantitative estimate of drug-likeness (QED) is 0.193. The molecule has 2 aromatic rings. The molecule has 2 rings (SSSR count). The average Bonchev–Trinajstić information content (AvgIpc) is 2.65. The molecule has 0 saturated carbocycles. The normalized spacial score (nSPS) is 11.7. The van der Waals surface area contributed by atoms with Crippen LogP contribution in [-0.2, 0) is 16.8 Å². The summed E-state index contributed by atoms with van der Waals surface area (Å²) in [6.07, 6.45) is 0.974. The molecule has 32 heavy (non-hydrogen) atoms. The summed E-state index contributed by atoms with van der Waals surface area (Å²) in [5.74, 6) is 0. The molecule has 0 atom stereocenters. The zero-order valence-electron chi connectivity index (χ0n) is 18.5. The van der Waals surface area contributed by atoms with Crippen molar-refractivity contribution in [2.45, 2.75) is 13.3 Å². The SMILES string of the molecule is Cc1cc(CCNCC[N+](C)(C)C)ccc1N=Nc1cc(Cl)ccc1C#N.O=S(=O)([O-])O. The van der Waals surface area contributed by atoms with Gasteiger partial charge in [-0.15, -0.1) is 5.11 Å². The van der Waals surface area contributed by atoms with Gasteiger partial charge in [0.15, 0.2) is 0 Å². The number of benzene rings is 2. The Morgan fingerprint density at radius 1 is 1.12 bits per heavy atom. The molecule has 0 spiro atoms. The van der Waals surface area contributed by atoms with Crippen molar-refractivity contribution in [3.63, 3.8) is 0 Å². The standard InChI is InChI=1S/C21H27ClN5.H2O4S/c1-16-13-17(9-10-24-11-12-27(2,3)4)5-8-20(16)25-26-21-14-19(22)7-6-18(21)15-23;1-5(2,3)4/h5-8,13-14,24H,9-12H2,1-4H3;(H2,1,2,3,4)/q+1;/p-1. The van der Waals surface area contributed by atoms with Crippen LogP contribution in [0.5, 0.6) is 0 Å². The zero-order valence-corrected chi connectivity index (χ0v) is 20.1. The Bertz CT molecular complexity index is 1070. The maximum absolute atomic E-state index is 9.16. The summed E-state index contributed by atoms with van der Waals surface area (Å²) >= 11 is 5.99. The number of hydrogen-bond donors (Lipinski definition) is 2. The highest BCUT2D eigenvalue weighted by Crippen LogP contribution is 2.27. The summed E-state index contributed by atoms with van der Waals surface area (Å²) in [6, 6.07) is 13.3. The summed E-state index contributed by atoms with van der Waals surface area (Å²) in [5.41, 5.74) is 4.06. The summed E-state index contributed by atoms with van der Waals surface area (Å²) in [6.45, 7) is 5.09. The van der Waals surface area contributed by atoms with Crippen molar-refractivity contribution in [1.82, 2.24) is 5.32 Å². The molecule has 0 aromatic heterocycles. The van der Waals surface area contributed by atoms with Gasteiger partial charge in [0, 0.05) is 11.6 Å². The summed E-state index contributed by atoms with van der Waals surface area (Å²) < 4.78 is 33.8. The molecule has 0 bridgehead atoms. The maximum Gasteiger partial charge on any atom is 0.215 e. The van der Waals surface area contributed by atoms with E-state index in [-0.39, 0.29) is 0 Å². The van der Waals surface area contributed by atoms with E-state index in [1.807, 2.05) is 13.0 Å². The Balaban J connectivity index is 0.000000920. The Hall–Kier alpha value is -2.39. The summed E-state index contributed by atoms with van der Waals surface area (Å²) in [5, 5.41) is 21.7. The van der Waals surface area contributed by atoms with Crippen LogP contribution in [0.15, 0.2) is 46.6 Å². The van der Waals surface area contributed by atoms with E-state index in [2.05, 4.69) is 54.9 Å². The first kappa shape index (κ1) is 27.6. The first-order valence-electron chi connectivity index (χ1n) is 9.69. The van der Waals surface area contributed by atoms with Crippen LogP contribution in [0.25, 0.3) is 0 Å². The number of nitriles is 1. The number of likely N-dealkylation sites (N-methyl/N-ethyl adjacent to an activating group) is 1. The number of nitrogens with one attached hydrogen (secondary N) is 1. The van der Waals surface area contributed by atoms with E-state index in [4.69, 9.17) is 34.4 Å². The van der Waals surface area contributed by atoms with Crippen LogP contribution in [-0.4, -0.2) is 62.8 Å². The predicted molar refractivity (Wildman–Crippen MR) is 123 cm³/mol. The molecular weight excluding hydrogens is 454 g/mol. The number of rotatable bonds is 8. The van der Waals surface area contributed by atoms with Crippen LogP contribution in [0.3, 0.4) is 0 Å². The number of aryl methyl sites for hydroxylation is 1. The predicted octanol–water partition coefficient (Wildman–Crippen LogP) is 3.78. The third kappa shape index (κ3) is 12.5. The van der Waals surface area contributed by atoms with Crippen LogP contribution < -0.4 is 5.32 Å². The second-order valence-electron chi connectivity index (χ2n) is 8.04. The van der Waals surface area contributed by atoms with Crippen LogP contribution in [0, 0.1) is 18.3 Å². The van der Waals surface area contributed by atoms with E-state index in [0.29, 0.717) is 16.3 Å². The lowest BCUT2D eigenvalue weighted by Gasteiger charge is -2.23. The van der Waals surface area contributed by atoms with Gasteiger partial charge in [0.1, 0.15) is 11.8 Å². The largest absolute Gasteiger partial charge is 0.726 e. The fourth-order valence-corrected chi connectivity index (χ4v) is 2.71. The van der Waals surface area contributed by atoms with Gasteiger partial charge in [-0.1, -0.05) is 23.7 Å². The Labute approximate surface area is 194 Å². The highest BCUT2D eigenvalue weighted by molar-refractivity contribution is 7.79. The Morgan fingerprint density at radius 2 is 1.75 bits per heavy atom. The molecule has 2 aromatic carbocycles. The molecule has 0 aliphatic heterocycles. The Kier molecular flexibility index (Phi) is 10.9. The first-order chi connectivity index (χ1) is 14.8. The lowest BCUT2D eigenvalue weighted by molar-refractivity contribution is -0.869. The lowest BCUT2D eigenvalue weighted by Crippen LogP contribution is -2.40. The number of nitrogens with zero attached hydrogens (tertiary/aromatic N) is 4. The molecule has 9 nitrogen and oxygen atoms in total. The van der Waals surface area contributed by atoms with E-state index in [1.54, 1.807) is 18.2 Å². The van der Waals surface area contributed by atoms with Crippen molar-refractivity contribution in [2.75, 3.05) is 40.8 Å². The molecule has 0 aliphatic rings. The van der Waals surface area contributed by atoms with Gasteiger partial charge in [0.25, 0.3) is 0 Å². The molecule has 0 heterocycles. The highest BCUT2D eigenvalue weighted by Gasteiger charge is 2.06. The second kappa shape index (κ2) is 12.6. The van der Waals surface area contributed by atoms with E-state index >= 15 is 0 Å². The third-order valence-corrected chi connectivity index (χ3v) is 4.39. The van der Waals surface area contributed by atoms with Crippen molar-refractivity contribution >= 4 is 33.4 Å². The van der Waals surface area contributed by atoms with Gasteiger partial charge < -0.3 is 14.4 Å². The van der Waals surface area contributed by atoms with Gasteiger partial charge in [0.2, 0.25) is 10.4 Å². The van der Waals surface area contributed by atoms with Crippen LogP contribution >= 0.6 is 11.6 Å². The maximum atomic E-state index is 9.16. The number of halogens is 1. The van der Waals surface area contributed by atoms with Crippen molar-refractivity contribution in [1.29, 1.82) is 5.26 Å². The number of azo groups is 1. The van der Waals surface area contributed by atoms with Crippen molar-refractivity contribution in [3.05, 3.63) is 58.1 Å². The minimum Gasteiger partial charge on any atom is -0.726 e. The van der Waals surface area contributed by atoms with Crippen molar-refractivity contribution < 1.29 is 22.0 Å². The third-order valence-electron chi connectivity index (χ3n) is 4.16. The van der Waals surface area contributed by atoms with Crippen LogP contribution in [0.2, 0.25) is 5.02 Å². The smallest absolute Gasteiger partial charge is 0.215 e. The molecule has 174 valence electrons. The molecule has 11 heteroatoms. The fraction of sp³-hybridized carbons (Fsp3) is 0.381. The van der Waals surface area contributed by atoms with Crippen LogP contribution in [0.1, 0.15) is 16.7 Å². The van der Waals surface area contributed by atoms with Gasteiger partial charge >= 0.3 is 0 Å². The molecule has 0 radical (unpaired) electrons. The van der Waals surface area contributed by atoms with Crippen molar-refractivity contribution in [3.8, 4) is 6.07 Å². The van der Waals surface area contributed by atoms with Gasteiger partial charge in [-0.2, -0.15) is 10.4 Å². The molecular formula is C21H28ClN5O4S. The fourth-order valence-electron chi connectivity index (χ4n) is 2.55. The zero-order chi connectivity index (χ0) is 24.4. The molecule has 0 unspecified atom stereocenters. The lowest BCUT2D eigenvalue weighted by atomic mass is 10.1. The van der Waals surface area contributed by atoms with E-state index in [1.165, 1.54) is 5.56 Å². The van der Waals surface area contributed by atoms with Gasteiger partial charge in [-0.05, 0) is 55.3 Å². The monoisotopic (exact) mass is 481 g/mol. The van der Waals surface area contributed by atoms with Crippen LogP contribution in [0.4, 0.5) is 11.4 Å². The Morgan fingerprint density at radius 3 is 2.31 bits per heavy atom. The first-order valence-corrected chi connectivity index (χ1v) is 11.4. The molecule has 0 aliphatic carbocycles. The topological polar surface area (TPSA) is 138 Å². The second-order valence-corrected chi connectivity index (χ2v) is 9.33. The minimum atomic E-state index is -4.92. The average molecular weight is 482 g/mol. The van der Waals surface area contributed by atoms with Crippen molar-refractivity contribution in [2.24, 2.45) is 10.2 Å². The molecule has 0 amide bonds. The van der Waals surface area contributed by atoms with Gasteiger partial charge in [-0.25, -0.2) is 8.42 Å². The molecule has 0 saturated heterocycles. The van der Waals surface area contributed by atoms with E-state index in [0.717, 1.165) is 41.8 Å².